The second kappa shape index (κ2) is 9.75. The maximum Gasteiger partial charge on any atom is 0.161 e. The first kappa shape index (κ1) is 18.0. The number of likely N-dealkylation sites (N-methyl/N-ethyl adjacent to an activating group) is 1. The van der Waals surface area contributed by atoms with E-state index in [1.54, 1.807) is 14.2 Å². The molecule has 0 amide bonds. The van der Waals surface area contributed by atoms with Crippen LogP contribution in [-0.4, -0.2) is 77.0 Å². The van der Waals surface area contributed by atoms with E-state index in [4.69, 9.17) is 14.2 Å². The molecule has 0 aliphatic carbocycles. The van der Waals surface area contributed by atoms with Gasteiger partial charge in [0.1, 0.15) is 6.61 Å². The largest absolute Gasteiger partial charge is 0.493 e. The Balaban J connectivity index is 1.81. The third-order valence-electron chi connectivity index (χ3n) is 4.31. The van der Waals surface area contributed by atoms with Gasteiger partial charge in [0.25, 0.3) is 0 Å². The van der Waals surface area contributed by atoms with Gasteiger partial charge in [0.2, 0.25) is 0 Å². The normalized spacial score (nSPS) is 16.5. The molecular formula is C18H30N2O3. The van der Waals surface area contributed by atoms with Gasteiger partial charge in [-0.25, -0.2) is 0 Å². The lowest BCUT2D eigenvalue weighted by atomic mass is 10.1. The smallest absolute Gasteiger partial charge is 0.161 e. The van der Waals surface area contributed by atoms with E-state index in [9.17, 15) is 0 Å². The maximum absolute atomic E-state index is 5.75. The van der Waals surface area contributed by atoms with Crippen LogP contribution in [0, 0.1) is 0 Å². The molecule has 5 nitrogen and oxygen atoms in total. The lowest BCUT2D eigenvalue weighted by molar-refractivity contribution is 0.144. The summed E-state index contributed by atoms with van der Waals surface area (Å²) in [4.78, 5) is 4.95. The molecule has 0 aromatic heterocycles. The number of benzene rings is 1. The molecule has 1 aliphatic heterocycles. The van der Waals surface area contributed by atoms with Crippen molar-refractivity contribution in [2.24, 2.45) is 0 Å². The predicted molar refractivity (Wildman–Crippen MR) is 92.6 cm³/mol. The molecule has 1 heterocycles. The van der Waals surface area contributed by atoms with E-state index in [0.717, 1.165) is 17.9 Å². The Bertz CT molecular complexity index is 460. The van der Waals surface area contributed by atoms with Crippen LogP contribution in [0.25, 0.3) is 0 Å². The summed E-state index contributed by atoms with van der Waals surface area (Å²) in [6, 6.07) is 6.22. The van der Waals surface area contributed by atoms with E-state index in [2.05, 4.69) is 29.0 Å². The average Bonchev–Trinajstić information content (AvgIpc) is 2.57. The number of piperazine rings is 1. The Labute approximate surface area is 140 Å². The molecule has 2 rings (SSSR count). The van der Waals surface area contributed by atoms with E-state index < -0.39 is 0 Å². The summed E-state index contributed by atoms with van der Waals surface area (Å²) in [5.41, 5.74) is 1.30. The molecule has 130 valence electrons. The fraction of sp³-hybridized carbons (Fsp3) is 0.667. The van der Waals surface area contributed by atoms with Crippen LogP contribution in [0.5, 0.6) is 11.5 Å². The van der Waals surface area contributed by atoms with Crippen molar-refractivity contribution in [1.82, 2.24) is 9.80 Å². The molecule has 1 aromatic rings. The van der Waals surface area contributed by atoms with Crippen molar-refractivity contribution >= 4 is 0 Å². The van der Waals surface area contributed by atoms with Gasteiger partial charge in [-0.05, 0) is 44.1 Å². The summed E-state index contributed by atoms with van der Waals surface area (Å²) >= 11 is 0. The van der Waals surface area contributed by atoms with Crippen molar-refractivity contribution in [3.63, 3.8) is 0 Å². The van der Waals surface area contributed by atoms with Gasteiger partial charge in [-0.3, -0.25) is 0 Å². The highest BCUT2D eigenvalue weighted by Gasteiger charge is 2.13. The van der Waals surface area contributed by atoms with Gasteiger partial charge < -0.3 is 24.0 Å². The van der Waals surface area contributed by atoms with Crippen LogP contribution >= 0.6 is 0 Å². The molecule has 1 aliphatic rings. The summed E-state index contributed by atoms with van der Waals surface area (Å²) in [6.45, 7) is 7.02. The third kappa shape index (κ3) is 6.01. The van der Waals surface area contributed by atoms with Crippen molar-refractivity contribution in [2.75, 3.05) is 67.2 Å². The SMILES string of the molecule is COCCOc1cc(CCCN2CCN(C)CC2)ccc1OC. The van der Waals surface area contributed by atoms with Gasteiger partial charge in [0, 0.05) is 33.3 Å². The number of methoxy groups -OCH3 is 2. The topological polar surface area (TPSA) is 34.2 Å². The lowest BCUT2D eigenvalue weighted by Gasteiger charge is -2.32. The molecular weight excluding hydrogens is 292 g/mol. The zero-order valence-electron chi connectivity index (χ0n) is 14.7. The molecule has 0 bridgehead atoms. The van der Waals surface area contributed by atoms with Crippen molar-refractivity contribution < 1.29 is 14.2 Å². The Morgan fingerprint density at radius 1 is 1.00 bits per heavy atom. The molecule has 1 fully saturated rings. The van der Waals surface area contributed by atoms with Gasteiger partial charge in [0.05, 0.1) is 13.7 Å². The summed E-state index contributed by atoms with van der Waals surface area (Å²) in [5, 5.41) is 0. The summed E-state index contributed by atoms with van der Waals surface area (Å²) in [7, 11) is 5.54. The fourth-order valence-electron chi connectivity index (χ4n) is 2.80. The van der Waals surface area contributed by atoms with E-state index in [1.807, 2.05) is 6.07 Å². The Kier molecular flexibility index (Phi) is 7.65. The molecule has 0 saturated carbocycles. The zero-order valence-corrected chi connectivity index (χ0v) is 14.7. The van der Waals surface area contributed by atoms with Crippen LogP contribution in [-0.2, 0) is 11.2 Å². The Morgan fingerprint density at radius 2 is 1.78 bits per heavy atom. The van der Waals surface area contributed by atoms with Gasteiger partial charge >= 0.3 is 0 Å². The highest BCUT2D eigenvalue weighted by molar-refractivity contribution is 5.43. The molecule has 0 spiro atoms. The van der Waals surface area contributed by atoms with E-state index in [0.29, 0.717) is 13.2 Å². The fourth-order valence-corrected chi connectivity index (χ4v) is 2.80. The first-order valence-corrected chi connectivity index (χ1v) is 8.42. The third-order valence-corrected chi connectivity index (χ3v) is 4.31. The minimum Gasteiger partial charge on any atom is -0.493 e. The van der Waals surface area contributed by atoms with Crippen LogP contribution in [0.1, 0.15) is 12.0 Å². The second-order valence-electron chi connectivity index (χ2n) is 6.07. The number of ether oxygens (including phenoxy) is 3. The summed E-state index contributed by atoms with van der Waals surface area (Å²) in [5.74, 6) is 1.59. The predicted octanol–water partition coefficient (Wildman–Crippen LogP) is 1.90. The number of rotatable bonds is 9. The van der Waals surface area contributed by atoms with Crippen LogP contribution < -0.4 is 9.47 Å². The molecule has 0 radical (unpaired) electrons. The molecule has 0 atom stereocenters. The van der Waals surface area contributed by atoms with Crippen molar-refractivity contribution in [3.8, 4) is 11.5 Å². The highest BCUT2D eigenvalue weighted by atomic mass is 16.5. The minimum absolute atomic E-state index is 0.539. The number of nitrogens with zero attached hydrogens (tertiary/aromatic N) is 2. The molecule has 5 heteroatoms. The average molecular weight is 322 g/mol. The van der Waals surface area contributed by atoms with E-state index in [-0.39, 0.29) is 0 Å². The van der Waals surface area contributed by atoms with Crippen molar-refractivity contribution in [3.05, 3.63) is 23.8 Å². The van der Waals surface area contributed by atoms with Gasteiger partial charge in [0.15, 0.2) is 11.5 Å². The standard InChI is InChI=1S/C18H30N2O3/c1-19-9-11-20(12-10-19)8-4-5-16-6-7-17(22-3)18(15-16)23-14-13-21-2/h6-7,15H,4-5,8-14H2,1-3H3. The second-order valence-corrected chi connectivity index (χ2v) is 6.07. The molecule has 1 aromatic carbocycles. The molecule has 0 unspecified atom stereocenters. The van der Waals surface area contributed by atoms with Gasteiger partial charge in [-0.2, -0.15) is 0 Å². The molecule has 1 saturated heterocycles. The first-order valence-electron chi connectivity index (χ1n) is 8.42. The molecule has 23 heavy (non-hydrogen) atoms. The van der Waals surface area contributed by atoms with E-state index in [1.165, 1.54) is 44.7 Å². The zero-order chi connectivity index (χ0) is 16.5. The van der Waals surface area contributed by atoms with Crippen molar-refractivity contribution in [2.45, 2.75) is 12.8 Å². The Morgan fingerprint density at radius 3 is 2.48 bits per heavy atom. The van der Waals surface area contributed by atoms with Crippen LogP contribution in [0.15, 0.2) is 18.2 Å². The van der Waals surface area contributed by atoms with E-state index >= 15 is 0 Å². The minimum atomic E-state index is 0.539. The van der Waals surface area contributed by atoms with Gasteiger partial charge in [-0.15, -0.1) is 0 Å². The molecule has 0 N–H and O–H groups in total. The highest BCUT2D eigenvalue weighted by Crippen LogP contribution is 2.28. The monoisotopic (exact) mass is 322 g/mol. The number of hydrogen-bond donors (Lipinski definition) is 0. The van der Waals surface area contributed by atoms with Gasteiger partial charge in [-0.1, -0.05) is 6.07 Å². The quantitative estimate of drug-likeness (QED) is 0.649. The number of aryl methyl sites for hydroxylation is 1. The van der Waals surface area contributed by atoms with Crippen LogP contribution in [0.4, 0.5) is 0 Å². The van der Waals surface area contributed by atoms with Crippen LogP contribution in [0.3, 0.4) is 0 Å². The van der Waals surface area contributed by atoms with Crippen LogP contribution in [0.2, 0.25) is 0 Å². The Hall–Kier alpha value is -1.30. The lowest BCUT2D eigenvalue weighted by Crippen LogP contribution is -2.44. The summed E-state index contributed by atoms with van der Waals surface area (Å²) in [6.07, 6.45) is 2.24. The maximum atomic E-state index is 5.75. The van der Waals surface area contributed by atoms with Crippen molar-refractivity contribution in [1.29, 1.82) is 0 Å². The first-order chi connectivity index (χ1) is 11.2. The summed E-state index contributed by atoms with van der Waals surface area (Å²) < 4.78 is 16.1. The number of hydrogen-bond acceptors (Lipinski definition) is 5.